The Morgan fingerprint density at radius 3 is 3.00 bits per heavy atom. The normalized spacial score (nSPS) is 21.1. The molecule has 3 nitrogen and oxygen atoms in total. The van der Waals surface area contributed by atoms with Gasteiger partial charge in [-0.3, -0.25) is 4.79 Å². The number of pyridine rings is 1. The van der Waals surface area contributed by atoms with Gasteiger partial charge in [-0.05, 0) is 47.8 Å². The van der Waals surface area contributed by atoms with Crippen LogP contribution in [-0.4, -0.2) is 28.4 Å². The van der Waals surface area contributed by atoms with Crippen LogP contribution in [0.5, 0.6) is 0 Å². The van der Waals surface area contributed by atoms with Gasteiger partial charge >= 0.3 is 0 Å². The van der Waals surface area contributed by atoms with Crippen LogP contribution in [0.2, 0.25) is 0 Å². The SMILES string of the molecule is CC1CCCCCN1C(=O)c1cccc(Br)n1. The Bertz CT molecular complexity index is 408. The molecule has 0 spiro atoms. The Morgan fingerprint density at radius 2 is 2.24 bits per heavy atom. The third kappa shape index (κ3) is 3.06. The second kappa shape index (κ2) is 5.63. The molecule has 4 heteroatoms. The lowest BCUT2D eigenvalue weighted by Gasteiger charge is -2.26. The zero-order valence-electron chi connectivity index (χ0n) is 10.0. The predicted molar refractivity (Wildman–Crippen MR) is 70.9 cm³/mol. The van der Waals surface area contributed by atoms with Crippen LogP contribution in [0.15, 0.2) is 22.8 Å². The summed E-state index contributed by atoms with van der Waals surface area (Å²) in [4.78, 5) is 18.6. The van der Waals surface area contributed by atoms with Crippen molar-refractivity contribution < 1.29 is 4.79 Å². The van der Waals surface area contributed by atoms with Crippen LogP contribution < -0.4 is 0 Å². The molecule has 1 fully saturated rings. The van der Waals surface area contributed by atoms with Gasteiger partial charge in [-0.1, -0.05) is 18.9 Å². The fraction of sp³-hybridized carbons (Fsp3) is 0.538. The third-order valence-electron chi connectivity index (χ3n) is 3.25. The standard InChI is InChI=1S/C13H17BrN2O/c1-10-6-3-2-4-9-16(10)13(17)11-7-5-8-12(14)15-11/h5,7-8,10H,2-4,6,9H2,1H3. The van der Waals surface area contributed by atoms with E-state index in [1.54, 1.807) is 6.07 Å². The topological polar surface area (TPSA) is 33.2 Å². The summed E-state index contributed by atoms with van der Waals surface area (Å²) in [7, 11) is 0. The Hall–Kier alpha value is -0.900. The third-order valence-corrected chi connectivity index (χ3v) is 3.69. The molecule has 0 saturated carbocycles. The maximum Gasteiger partial charge on any atom is 0.272 e. The maximum absolute atomic E-state index is 12.4. The van der Waals surface area contributed by atoms with Crippen molar-refractivity contribution in [3.05, 3.63) is 28.5 Å². The van der Waals surface area contributed by atoms with Gasteiger partial charge in [0, 0.05) is 12.6 Å². The highest BCUT2D eigenvalue weighted by Gasteiger charge is 2.23. The van der Waals surface area contributed by atoms with Crippen LogP contribution in [0.1, 0.15) is 43.1 Å². The molecule has 17 heavy (non-hydrogen) atoms. The zero-order chi connectivity index (χ0) is 12.3. The monoisotopic (exact) mass is 296 g/mol. The number of hydrogen-bond acceptors (Lipinski definition) is 2. The number of rotatable bonds is 1. The van der Waals surface area contributed by atoms with E-state index in [4.69, 9.17) is 0 Å². The highest BCUT2D eigenvalue weighted by Crippen LogP contribution is 2.19. The predicted octanol–water partition coefficient (Wildman–Crippen LogP) is 3.25. The molecule has 2 rings (SSSR count). The highest BCUT2D eigenvalue weighted by molar-refractivity contribution is 9.10. The number of carbonyl (C=O) groups excluding carboxylic acids is 1. The van der Waals surface area contributed by atoms with E-state index in [-0.39, 0.29) is 5.91 Å². The first kappa shape index (κ1) is 12.6. The molecule has 0 aliphatic carbocycles. The summed E-state index contributed by atoms with van der Waals surface area (Å²) in [6, 6.07) is 5.80. The van der Waals surface area contributed by atoms with Crippen LogP contribution in [0.25, 0.3) is 0 Å². The van der Waals surface area contributed by atoms with Crippen molar-refractivity contribution >= 4 is 21.8 Å². The molecule has 0 N–H and O–H groups in total. The van der Waals surface area contributed by atoms with Crippen LogP contribution in [0.3, 0.4) is 0 Å². The summed E-state index contributed by atoms with van der Waals surface area (Å²) >= 11 is 3.30. The second-order valence-corrected chi connectivity index (χ2v) is 5.35. The quantitative estimate of drug-likeness (QED) is 0.746. The Kier molecular flexibility index (Phi) is 4.15. The van der Waals surface area contributed by atoms with E-state index < -0.39 is 0 Å². The van der Waals surface area contributed by atoms with Gasteiger partial charge in [0.15, 0.2) is 0 Å². The number of aromatic nitrogens is 1. The summed E-state index contributed by atoms with van der Waals surface area (Å²) in [6.07, 6.45) is 4.64. The molecule has 92 valence electrons. The van der Waals surface area contributed by atoms with E-state index in [0.29, 0.717) is 16.3 Å². The number of amides is 1. The Labute approximate surface area is 110 Å². The van der Waals surface area contributed by atoms with Crippen molar-refractivity contribution in [2.24, 2.45) is 0 Å². The molecule has 1 amide bonds. The van der Waals surface area contributed by atoms with Crippen molar-refractivity contribution in [2.75, 3.05) is 6.54 Å². The van der Waals surface area contributed by atoms with Gasteiger partial charge in [-0.25, -0.2) is 4.98 Å². The average Bonchev–Trinajstić information content (AvgIpc) is 2.53. The van der Waals surface area contributed by atoms with Crippen molar-refractivity contribution in [1.82, 2.24) is 9.88 Å². The van der Waals surface area contributed by atoms with Gasteiger partial charge in [0.2, 0.25) is 0 Å². The van der Waals surface area contributed by atoms with Crippen LogP contribution in [-0.2, 0) is 0 Å². The van der Waals surface area contributed by atoms with Crippen LogP contribution in [0, 0.1) is 0 Å². The van der Waals surface area contributed by atoms with Gasteiger partial charge in [0.25, 0.3) is 5.91 Å². The summed E-state index contributed by atoms with van der Waals surface area (Å²) in [5.74, 6) is 0.0562. The Balaban J connectivity index is 2.18. The largest absolute Gasteiger partial charge is 0.335 e. The van der Waals surface area contributed by atoms with Crippen LogP contribution in [0.4, 0.5) is 0 Å². The first-order valence-electron chi connectivity index (χ1n) is 6.12. The molecule has 0 aromatic carbocycles. The van der Waals surface area contributed by atoms with Gasteiger partial charge < -0.3 is 4.90 Å². The van der Waals surface area contributed by atoms with Crippen molar-refractivity contribution in [3.8, 4) is 0 Å². The fourth-order valence-corrected chi connectivity index (χ4v) is 2.59. The smallest absolute Gasteiger partial charge is 0.272 e. The highest BCUT2D eigenvalue weighted by atomic mass is 79.9. The molecule has 1 unspecified atom stereocenters. The van der Waals surface area contributed by atoms with E-state index in [1.165, 1.54) is 12.8 Å². The average molecular weight is 297 g/mol. The molecule has 2 heterocycles. The summed E-state index contributed by atoms with van der Waals surface area (Å²) in [5, 5.41) is 0. The molecule has 1 saturated heterocycles. The van der Waals surface area contributed by atoms with Crippen molar-refractivity contribution in [1.29, 1.82) is 0 Å². The summed E-state index contributed by atoms with van der Waals surface area (Å²) in [5.41, 5.74) is 0.535. The van der Waals surface area contributed by atoms with E-state index >= 15 is 0 Å². The molecule has 1 aromatic rings. The minimum Gasteiger partial charge on any atom is -0.335 e. The molecule has 1 atom stereocenters. The summed E-state index contributed by atoms with van der Waals surface area (Å²) in [6.45, 7) is 2.98. The lowest BCUT2D eigenvalue weighted by Crippen LogP contribution is -2.38. The molecule has 1 aliphatic heterocycles. The van der Waals surface area contributed by atoms with E-state index in [2.05, 4.69) is 27.8 Å². The number of likely N-dealkylation sites (tertiary alicyclic amines) is 1. The molecular weight excluding hydrogens is 280 g/mol. The van der Waals surface area contributed by atoms with E-state index in [1.807, 2.05) is 17.0 Å². The Morgan fingerprint density at radius 1 is 1.41 bits per heavy atom. The minimum atomic E-state index is 0.0562. The fourth-order valence-electron chi connectivity index (χ4n) is 2.25. The second-order valence-electron chi connectivity index (χ2n) is 4.54. The molecule has 1 aliphatic rings. The first-order chi connectivity index (χ1) is 8.18. The lowest BCUT2D eigenvalue weighted by atomic mass is 10.1. The maximum atomic E-state index is 12.4. The minimum absolute atomic E-state index is 0.0562. The summed E-state index contributed by atoms with van der Waals surface area (Å²) < 4.78 is 0.714. The number of halogens is 1. The van der Waals surface area contributed by atoms with Gasteiger partial charge in [0.05, 0.1) is 0 Å². The number of carbonyl (C=O) groups is 1. The van der Waals surface area contributed by atoms with Gasteiger partial charge in [-0.15, -0.1) is 0 Å². The zero-order valence-corrected chi connectivity index (χ0v) is 11.6. The first-order valence-corrected chi connectivity index (χ1v) is 6.91. The van der Waals surface area contributed by atoms with Crippen molar-refractivity contribution in [3.63, 3.8) is 0 Å². The van der Waals surface area contributed by atoms with E-state index in [0.717, 1.165) is 19.4 Å². The number of nitrogens with zero attached hydrogens (tertiary/aromatic N) is 2. The molecular formula is C13H17BrN2O. The van der Waals surface area contributed by atoms with Gasteiger partial charge in [0.1, 0.15) is 10.3 Å². The van der Waals surface area contributed by atoms with Gasteiger partial charge in [-0.2, -0.15) is 0 Å². The number of hydrogen-bond donors (Lipinski definition) is 0. The van der Waals surface area contributed by atoms with Crippen molar-refractivity contribution in [2.45, 2.75) is 38.6 Å². The lowest BCUT2D eigenvalue weighted by molar-refractivity contribution is 0.0691. The molecule has 0 bridgehead atoms. The molecule has 0 radical (unpaired) electrons. The molecule has 1 aromatic heterocycles. The van der Waals surface area contributed by atoms with E-state index in [9.17, 15) is 4.79 Å². The van der Waals surface area contributed by atoms with Crippen LogP contribution >= 0.6 is 15.9 Å².